The van der Waals surface area contributed by atoms with Crippen LogP contribution in [0.5, 0.6) is 0 Å². The second kappa shape index (κ2) is 4.49. The van der Waals surface area contributed by atoms with Gasteiger partial charge in [-0.1, -0.05) is 6.07 Å². The van der Waals surface area contributed by atoms with Gasteiger partial charge in [0.1, 0.15) is 0 Å². The van der Waals surface area contributed by atoms with Gasteiger partial charge in [0, 0.05) is 25.3 Å². The molecule has 1 aromatic carbocycles. The molecule has 3 rings (SSSR count). The molecule has 1 fully saturated rings. The van der Waals surface area contributed by atoms with E-state index in [1.54, 1.807) is 19.2 Å². The highest BCUT2D eigenvalue weighted by Crippen LogP contribution is 2.37. The maximum atomic E-state index is 12.6. The lowest BCUT2D eigenvalue weighted by atomic mass is 10.2. The summed E-state index contributed by atoms with van der Waals surface area (Å²) in [7, 11) is -1.68. The molecular formula is C14H20N2O2S. The Morgan fingerprint density at radius 2 is 2.11 bits per heavy atom. The first-order valence-electron chi connectivity index (χ1n) is 6.85. The third-order valence-electron chi connectivity index (χ3n) is 4.35. The van der Waals surface area contributed by atoms with Crippen molar-refractivity contribution in [3.8, 4) is 0 Å². The number of anilines is 1. The number of nitrogens with zero attached hydrogens (tertiary/aromatic N) is 1. The van der Waals surface area contributed by atoms with E-state index in [2.05, 4.69) is 5.32 Å². The molecule has 2 aliphatic rings. The lowest BCUT2D eigenvalue weighted by molar-refractivity contribution is 0.357. The molecule has 19 heavy (non-hydrogen) atoms. The quantitative estimate of drug-likeness (QED) is 0.918. The first-order valence-corrected chi connectivity index (χ1v) is 8.29. The molecule has 1 aliphatic carbocycles. The average Bonchev–Trinajstić information content (AvgIpc) is 3.14. The van der Waals surface area contributed by atoms with Crippen LogP contribution in [0.2, 0.25) is 0 Å². The normalized spacial score (nSPS) is 20.2. The fourth-order valence-corrected chi connectivity index (χ4v) is 4.14. The largest absolute Gasteiger partial charge is 0.384 e. The van der Waals surface area contributed by atoms with E-state index in [9.17, 15) is 8.42 Å². The summed E-state index contributed by atoms with van der Waals surface area (Å²) < 4.78 is 26.7. The van der Waals surface area contributed by atoms with E-state index >= 15 is 0 Å². The van der Waals surface area contributed by atoms with Crippen molar-refractivity contribution in [1.82, 2.24) is 4.31 Å². The Bertz CT molecular complexity index is 593. The Morgan fingerprint density at radius 1 is 1.37 bits per heavy atom. The highest BCUT2D eigenvalue weighted by atomic mass is 32.2. The van der Waals surface area contributed by atoms with E-state index in [0.717, 1.165) is 31.5 Å². The Kier molecular flexibility index (Phi) is 3.06. The minimum Gasteiger partial charge on any atom is -0.384 e. The summed E-state index contributed by atoms with van der Waals surface area (Å²) in [6.45, 7) is 2.90. The molecule has 0 amide bonds. The molecule has 0 saturated heterocycles. The summed E-state index contributed by atoms with van der Waals surface area (Å²) in [4.78, 5) is 0.399. The van der Waals surface area contributed by atoms with Gasteiger partial charge in [-0.15, -0.1) is 0 Å². The van der Waals surface area contributed by atoms with Gasteiger partial charge in [-0.2, -0.15) is 4.31 Å². The first-order chi connectivity index (χ1) is 9.00. The summed E-state index contributed by atoms with van der Waals surface area (Å²) in [5.41, 5.74) is 2.17. The van der Waals surface area contributed by atoms with Crippen LogP contribution < -0.4 is 5.32 Å². The topological polar surface area (TPSA) is 49.4 Å². The lowest BCUT2D eigenvalue weighted by Gasteiger charge is -2.24. The highest BCUT2D eigenvalue weighted by Gasteiger charge is 2.36. The van der Waals surface area contributed by atoms with Crippen LogP contribution in [0.25, 0.3) is 0 Å². The number of hydrogen-bond donors (Lipinski definition) is 1. The molecule has 0 radical (unpaired) electrons. The predicted molar refractivity (Wildman–Crippen MR) is 75.8 cm³/mol. The first kappa shape index (κ1) is 12.9. The van der Waals surface area contributed by atoms with Gasteiger partial charge >= 0.3 is 0 Å². The van der Waals surface area contributed by atoms with Crippen molar-refractivity contribution in [2.45, 2.75) is 37.1 Å². The Hall–Kier alpha value is -1.07. The Balaban J connectivity index is 1.91. The van der Waals surface area contributed by atoms with E-state index in [-0.39, 0.29) is 6.04 Å². The average molecular weight is 280 g/mol. The van der Waals surface area contributed by atoms with Crippen molar-refractivity contribution in [3.05, 3.63) is 23.8 Å². The monoisotopic (exact) mass is 280 g/mol. The standard InChI is InChI=1S/C14H20N2O2S/c1-10(11-3-4-11)16(2)19(17,18)13-6-5-12-7-8-15-14(12)9-13/h5-6,9-11,15H,3-4,7-8H2,1-2H3. The molecule has 1 aliphatic heterocycles. The Labute approximate surface area is 114 Å². The molecule has 1 N–H and O–H groups in total. The molecular weight excluding hydrogens is 260 g/mol. The summed E-state index contributed by atoms with van der Waals surface area (Å²) in [6.07, 6.45) is 3.27. The molecule has 0 spiro atoms. The lowest BCUT2D eigenvalue weighted by Crippen LogP contribution is -2.36. The number of sulfonamides is 1. The number of fused-ring (bicyclic) bond motifs is 1. The maximum Gasteiger partial charge on any atom is 0.243 e. The van der Waals surface area contributed by atoms with E-state index in [4.69, 9.17) is 0 Å². The summed E-state index contributed by atoms with van der Waals surface area (Å²) in [5.74, 6) is 0.535. The van der Waals surface area contributed by atoms with Gasteiger partial charge in [-0.3, -0.25) is 0 Å². The van der Waals surface area contributed by atoms with E-state index in [1.807, 2.05) is 13.0 Å². The highest BCUT2D eigenvalue weighted by molar-refractivity contribution is 7.89. The van der Waals surface area contributed by atoms with Crippen molar-refractivity contribution >= 4 is 15.7 Å². The fraction of sp³-hybridized carbons (Fsp3) is 0.571. The second-order valence-electron chi connectivity index (χ2n) is 5.60. The van der Waals surface area contributed by atoms with Crippen molar-refractivity contribution < 1.29 is 8.42 Å². The number of benzene rings is 1. The zero-order valence-corrected chi connectivity index (χ0v) is 12.2. The van der Waals surface area contributed by atoms with Gasteiger partial charge < -0.3 is 5.32 Å². The SMILES string of the molecule is CC(C1CC1)N(C)S(=O)(=O)c1ccc2c(c1)NCC2. The van der Waals surface area contributed by atoms with Crippen LogP contribution in [0.3, 0.4) is 0 Å². The zero-order chi connectivity index (χ0) is 13.6. The van der Waals surface area contributed by atoms with Crippen molar-refractivity contribution in [2.24, 2.45) is 5.92 Å². The van der Waals surface area contributed by atoms with Crippen LogP contribution in [0.4, 0.5) is 5.69 Å². The van der Waals surface area contributed by atoms with Crippen molar-refractivity contribution in [3.63, 3.8) is 0 Å². The predicted octanol–water partition coefficient (Wildman–Crippen LogP) is 2.07. The van der Waals surface area contributed by atoms with Crippen molar-refractivity contribution in [2.75, 3.05) is 18.9 Å². The van der Waals surface area contributed by atoms with Crippen LogP contribution in [-0.4, -0.2) is 32.4 Å². The molecule has 0 bridgehead atoms. The van der Waals surface area contributed by atoms with Gasteiger partial charge in [0.2, 0.25) is 10.0 Å². The third-order valence-corrected chi connectivity index (χ3v) is 6.29. The van der Waals surface area contributed by atoms with Crippen LogP contribution in [0.1, 0.15) is 25.3 Å². The minimum atomic E-state index is -3.37. The number of rotatable bonds is 4. The van der Waals surface area contributed by atoms with Gasteiger partial charge in [-0.05, 0) is 49.8 Å². The smallest absolute Gasteiger partial charge is 0.243 e. The molecule has 0 aromatic heterocycles. The fourth-order valence-electron chi connectivity index (χ4n) is 2.69. The second-order valence-corrected chi connectivity index (χ2v) is 7.59. The van der Waals surface area contributed by atoms with Gasteiger partial charge in [0.05, 0.1) is 4.90 Å². The number of hydrogen-bond acceptors (Lipinski definition) is 3. The molecule has 1 heterocycles. The third kappa shape index (κ3) is 2.25. The van der Waals surface area contributed by atoms with Crippen LogP contribution in [-0.2, 0) is 16.4 Å². The summed E-state index contributed by atoms with van der Waals surface area (Å²) in [6, 6.07) is 5.52. The number of nitrogens with one attached hydrogen (secondary N) is 1. The van der Waals surface area contributed by atoms with E-state index in [1.165, 1.54) is 9.87 Å². The van der Waals surface area contributed by atoms with Crippen molar-refractivity contribution in [1.29, 1.82) is 0 Å². The summed E-state index contributed by atoms with van der Waals surface area (Å²) >= 11 is 0. The van der Waals surface area contributed by atoms with Gasteiger partial charge in [0.25, 0.3) is 0 Å². The Morgan fingerprint density at radius 3 is 2.79 bits per heavy atom. The molecule has 104 valence electrons. The van der Waals surface area contributed by atoms with Crippen LogP contribution >= 0.6 is 0 Å². The molecule has 5 heteroatoms. The van der Waals surface area contributed by atoms with E-state index in [0.29, 0.717) is 10.8 Å². The van der Waals surface area contributed by atoms with Crippen LogP contribution in [0, 0.1) is 5.92 Å². The summed E-state index contributed by atoms with van der Waals surface area (Å²) in [5, 5.41) is 3.23. The minimum absolute atomic E-state index is 0.0891. The zero-order valence-electron chi connectivity index (χ0n) is 11.4. The molecule has 1 saturated carbocycles. The van der Waals surface area contributed by atoms with Gasteiger partial charge in [-0.25, -0.2) is 8.42 Å². The molecule has 1 aromatic rings. The molecule has 1 unspecified atom stereocenters. The van der Waals surface area contributed by atoms with Gasteiger partial charge in [0.15, 0.2) is 0 Å². The maximum absolute atomic E-state index is 12.6. The van der Waals surface area contributed by atoms with Crippen LogP contribution in [0.15, 0.2) is 23.1 Å². The molecule has 1 atom stereocenters. The molecule has 4 nitrogen and oxygen atoms in total. The van der Waals surface area contributed by atoms with E-state index < -0.39 is 10.0 Å².